The van der Waals surface area contributed by atoms with E-state index in [2.05, 4.69) is 26.2 Å². The number of alkyl halides is 3. The van der Waals surface area contributed by atoms with E-state index in [0.29, 0.717) is 30.8 Å². The third kappa shape index (κ3) is 3.42. The van der Waals surface area contributed by atoms with E-state index in [1.165, 1.54) is 6.20 Å². The van der Waals surface area contributed by atoms with E-state index >= 15 is 0 Å². The Morgan fingerprint density at radius 2 is 2.30 bits per heavy atom. The van der Waals surface area contributed by atoms with E-state index in [9.17, 15) is 13.2 Å². The highest BCUT2D eigenvalue weighted by atomic mass is 79.9. The molecule has 1 saturated heterocycles. The zero-order chi connectivity index (χ0) is 14.8. The summed E-state index contributed by atoms with van der Waals surface area (Å²) in [6.07, 6.45) is -3.05. The number of hydrogen-bond acceptors (Lipinski definition) is 4. The highest BCUT2D eigenvalue weighted by Crippen LogP contribution is 2.37. The lowest BCUT2D eigenvalue weighted by molar-refractivity contribution is -0.137. The van der Waals surface area contributed by atoms with Crippen molar-refractivity contribution in [2.45, 2.75) is 12.2 Å². The molecule has 2 rings (SSSR count). The molecule has 1 fully saturated rings. The van der Waals surface area contributed by atoms with Crippen molar-refractivity contribution in [2.24, 2.45) is 0 Å². The van der Waals surface area contributed by atoms with E-state index in [1.54, 1.807) is 11.9 Å². The second-order valence-electron chi connectivity index (χ2n) is 4.50. The van der Waals surface area contributed by atoms with E-state index in [0.717, 1.165) is 6.07 Å². The molecule has 112 valence electrons. The highest BCUT2D eigenvalue weighted by molar-refractivity contribution is 9.10. The van der Waals surface area contributed by atoms with Gasteiger partial charge in [-0.25, -0.2) is 4.98 Å². The van der Waals surface area contributed by atoms with Gasteiger partial charge in [-0.05, 0) is 29.0 Å². The van der Waals surface area contributed by atoms with Crippen molar-refractivity contribution >= 4 is 21.7 Å². The summed E-state index contributed by atoms with van der Waals surface area (Å²) in [6, 6.07) is 0.900. The van der Waals surface area contributed by atoms with Crippen LogP contribution in [0.5, 0.6) is 0 Å². The second-order valence-corrected chi connectivity index (χ2v) is 5.42. The van der Waals surface area contributed by atoms with Gasteiger partial charge in [0, 0.05) is 23.8 Å². The molecule has 1 aromatic rings. The van der Waals surface area contributed by atoms with E-state index in [-0.39, 0.29) is 11.9 Å². The normalized spacial score (nSPS) is 20.2. The molecule has 4 nitrogen and oxygen atoms in total. The number of anilines is 1. The number of halogens is 4. The molecular formula is C12H15BrF3N3O. The average molecular weight is 354 g/mol. The van der Waals surface area contributed by atoms with Crippen molar-refractivity contribution in [1.82, 2.24) is 10.3 Å². The fraction of sp³-hybridized carbons (Fsp3) is 0.583. The van der Waals surface area contributed by atoms with Crippen LogP contribution < -0.4 is 10.2 Å². The smallest absolute Gasteiger partial charge is 0.377 e. The molecule has 1 unspecified atom stereocenters. The summed E-state index contributed by atoms with van der Waals surface area (Å²) in [5, 5.41) is 2.97. The van der Waals surface area contributed by atoms with Crippen LogP contribution in [-0.4, -0.2) is 44.4 Å². The number of likely N-dealkylation sites (N-methyl/N-ethyl adjacent to an activating group) is 1. The fourth-order valence-corrected chi connectivity index (χ4v) is 2.54. The van der Waals surface area contributed by atoms with E-state index < -0.39 is 11.7 Å². The summed E-state index contributed by atoms with van der Waals surface area (Å²) >= 11 is 3.04. The highest BCUT2D eigenvalue weighted by Gasteiger charge is 2.38. The number of aromatic nitrogens is 1. The van der Waals surface area contributed by atoms with E-state index in [1.807, 2.05) is 0 Å². The first-order valence-corrected chi connectivity index (χ1v) is 6.94. The summed E-state index contributed by atoms with van der Waals surface area (Å²) in [5.41, 5.74) is -0.727. The lowest BCUT2D eigenvalue weighted by Gasteiger charge is -2.37. The number of pyridine rings is 1. The molecule has 8 heteroatoms. The number of ether oxygens (including phenoxy) is 1. The molecule has 0 aromatic carbocycles. The van der Waals surface area contributed by atoms with Gasteiger partial charge in [-0.2, -0.15) is 13.2 Å². The Labute approximate surface area is 123 Å². The lowest BCUT2D eigenvalue weighted by Crippen LogP contribution is -2.51. The van der Waals surface area contributed by atoms with Gasteiger partial charge in [-0.1, -0.05) is 0 Å². The SMILES string of the molecule is CNCC1COCCN1c1ncc(Br)cc1C(F)(F)F. The van der Waals surface area contributed by atoms with Gasteiger partial charge in [0.1, 0.15) is 5.82 Å². The number of rotatable bonds is 3. The molecule has 0 radical (unpaired) electrons. The third-order valence-corrected chi connectivity index (χ3v) is 3.51. The van der Waals surface area contributed by atoms with Crippen molar-refractivity contribution in [3.8, 4) is 0 Å². The molecule has 0 bridgehead atoms. The predicted molar refractivity (Wildman–Crippen MR) is 72.8 cm³/mol. The molecule has 0 spiro atoms. The molecule has 0 amide bonds. The van der Waals surface area contributed by atoms with Crippen LogP contribution in [0.4, 0.5) is 19.0 Å². The molecule has 1 atom stereocenters. The van der Waals surface area contributed by atoms with Gasteiger partial charge >= 0.3 is 6.18 Å². The van der Waals surface area contributed by atoms with Crippen molar-refractivity contribution in [1.29, 1.82) is 0 Å². The van der Waals surface area contributed by atoms with Gasteiger partial charge in [-0.15, -0.1) is 0 Å². The first-order chi connectivity index (χ1) is 9.43. The fourth-order valence-electron chi connectivity index (χ4n) is 2.21. The monoisotopic (exact) mass is 353 g/mol. The summed E-state index contributed by atoms with van der Waals surface area (Å²) < 4.78 is 45.1. The quantitative estimate of drug-likeness (QED) is 0.904. The molecule has 1 aromatic heterocycles. The van der Waals surface area contributed by atoms with Gasteiger partial charge < -0.3 is 15.0 Å². The largest absolute Gasteiger partial charge is 0.419 e. The molecule has 2 heterocycles. The Morgan fingerprint density at radius 3 is 2.95 bits per heavy atom. The Morgan fingerprint density at radius 1 is 1.55 bits per heavy atom. The maximum Gasteiger partial charge on any atom is 0.419 e. The Hall–Kier alpha value is -0.860. The van der Waals surface area contributed by atoms with Crippen LogP contribution in [-0.2, 0) is 10.9 Å². The van der Waals surface area contributed by atoms with Crippen LogP contribution in [0.15, 0.2) is 16.7 Å². The number of nitrogens with one attached hydrogen (secondary N) is 1. The summed E-state index contributed by atoms with van der Waals surface area (Å²) in [7, 11) is 1.76. The minimum Gasteiger partial charge on any atom is -0.377 e. The van der Waals surface area contributed by atoms with Gasteiger partial charge in [0.2, 0.25) is 0 Å². The maximum absolute atomic E-state index is 13.2. The Bertz CT molecular complexity index is 468. The standard InChI is InChI=1S/C12H15BrF3N3O/c1-17-6-9-7-20-3-2-19(9)11-10(12(14,15)16)4-8(13)5-18-11/h4-5,9,17H,2-3,6-7H2,1H3. The van der Waals surface area contributed by atoms with Gasteiger partial charge in [0.15, 0.2) is 0 Å². The number of nitrogens with zero attached hydrogens (tertiary/aromatic N) is 2. The van der Waals surface area contributed by atoms with Crippen LogP contribution in [0.3, 0.4) is 0 Å². The maximum atomic E-state index is 13.2. The zero-order valence-corrected chi connectivity index (χ0v) is 12.5. The third-order valence-electron chi connectivity index (χ3n) is 3.08. The van der Waals surface area contributed by atoms with Gasteiger partial charge in [-0.3, -0.25) is 0 Å². The van der Waals surface area contributed by atoms with Crippen LogP contribution >= 0.6 is 15.9 Å². The topological polar surface area (TPSA) is 37.4 Å². The van der Waals surface area contributed by atoms with Crippen molar-refractivity contribution in [2.75, 3.05) is 38.3 Å². The first kappa shape index (κ1) is 15.5. The summed E-state index contributed by atoms with van der Waals surface area (Å²) in [6.45, 7) is 1.71. The lowest BCUT2D eigenvalue weighted by atomic mass is 10.1. The molecule has 20 heavy (non-hydrogen) atoms. The Kier molecular flexibility index (Phi) is 4.87. The van der Waals surface area contributed by atoms with Crippen LogP contribution in [0.1, 0.15) is 5.56 Å². The van der Waals surface area contributed by atoms with Crippen molar-refractivity contribution in [3.05, 3.63) is 22.3 Å². The van der Waals surface area contributed by atoms with Gasteiger partial charge in [0.05, 0.1) is 24.8 Å². The molecule has 1 aliphatic rings. The first-order valence-electron chi connectivity index (χ1n) is 6.15. The van der Waals surface area contributed by atoms with E-state index in [4.69, 9.17) is 4.74 Å². The van der Waals surface area contributed by atoms with Crippen LogP contribution in [0.25, 0.3) is 0 Å². The molecular weight excluding hydrogens is 339 g/mol. The predicted octanol–water partition coefficient (Wildman–Crippen LogP) is 2.29. The van der Waals surface area contributed by atoms with Crippen LogP contribution in [0, 0.1) is 0 Å². The van der Waals surface area contributed by atoms with Crippen molar-refractivity contribution < 1.29 is 17.9 Å². The Balaban J connectivity index is 2.39. The number of morpholine rings is 1. The minimum absolute atomic E-state index is 0.0377. The van der Waals surface area contributed by atoms with Crippen molar-refractivity contribution in [3.63, 3.8) is 0 Å². The molecule has 0 aliphatic carbocycles. The van der Waals surface area contributed by atoms with Crippen LogP contribution in [0.2, 0.25) is 0 Å². The summed E-state index contributed by atoms with van der Waals surface area (Å²) in [5.74, 6) is -0.0377. The molecule has 0 saturated carbocycles. The minimum atomic E-state index is -4.44. The molecule has 1 aliphatic heterocycles. The summed E-state index contributed by atoms with van der Waals surface area (Å²) in [4.78, 5) is 5.64. The van der Waals surface area contributed by atoms with Gasteiger partial charge in [0.25, 0.3) is 0 Å². The average Bonchev–Trinajstić information content (AvgIpc) is 2.39. The number of hydrogen-bond donors (Lipinski definition) is 1. The zero-order valence-electron chi connectivity index (χ0n) is 10.9. The second kappa shape index (κ2) is 6.28. The molecule has 1 N–H and O–H groups in total.